The minimum absolute atomic E-state index is 0.0550. The topological polar surface area (TPSA) is 50.2 Å². The molecule has 0 radical (unpaired) electrons. The third kappa shape index (κ3) is 3.71. The molecule has 0 atom stereocenters. The lowest BCUT2D eigenvalue weighted by Crippen LogP contribution is -2.24. The summed E-state index contributed by atoms with van der Waals surface area (Å²) in [6, 6.07) is 1.56. The van der Waals surface area contributed by atoms with Crippen molar-refractivity contribution in [1.29, 1.82) is 0 Å². The molecule has 15 heavy (non-hydrogen) atoms. The van der Waals surface area contributed by atoms with Gasteiger partial charge in [-0.1, -0.05) is 0 Å². The predicted octanol–water partition coefficient (Wildman–Crippen LogP) is 0.237. The Labute approximate surface area is 89.7 Å². The van der Waals surface area contributed by atoms with Crippen molar-refractivity contribution in [1.82, 2.24) is 14.7 Å². The first-order valence-electron chi connectivity index (χ1n) is 5.03. The molecule has 1 rings (SSSR count). The number of hydrogen-bond acceptors (Lipinski definition) is 4. The van der Waals surface area contributed by atoms with E-state index in [0.29, 0.717) is 6.54 Å². The van der Waals surface area contributed by atoms with Gasteiger partial charge in [0.25, 0.3) is 5.56 Å². The zero-order valence-corrected chi connectivity index (χ0v) is 9.53. The molecule has 0 bridgehead atoms. The molecule has 0 saturated heterocycles. The van der Waals surface area contributed by atoms with E-state index < -0.39 is 0 Å². The smallest absolute Gasteiger partial charge is 0.268 e. The molecule has 0 unspecified atom stereocenters. The average molecular weight is 210 g/mol. The van der Waals surface area contributed by atoms with Crippen molar-refractivity contribution in [2.75, 3.05) is 33.0 Å². The van der Waals surface area contributed by atoms with E-state index >= 15 is 0 Å². The molecule has 1 N–H and O–H groups in total. The molecule has 0 aliphatic rings. The third-order valence-corrected chi connectivity index (χ3v) is 2.13. The van der Waals surface area contributed by atoms with Gasteiger partial charge in [0.1, 0.15) is 0 Å². The molecule has 1 heterocycles. The van der Waals surface area contributed by atoms with Crippen LogP contribution in [0.3, 0.4) is 0 Å². The molecule has 0 aliphatic carbocycles. The van der Waals surface area contributed by atoms with Crippen LogP contribution in [0.2, 0.25) is 0 Å². The van der Waals surface area contributed by atoms with Gasteiger partial charge in [0.2, 0.25) is 0 Å². The van der Waals surface area contributed by atoms with Gasteiger partial charge in [0.05, 0.1) is 11.9 Å². The molecule has 0 aliphatic heterocycles. The van der Waals surface area contributed by atoms with Crippen molar-refractivity contribution in [3.8, 4) is 0 Å². The van der Waals surface area contributed by atoms with Gasteiger partial charge in [-0.25, -0.2) is 4.68 Å². The molecule has 0 aromatic carbocycles. The summed E-state index contributed by atoms with van der Waals surface area (Å²) in [5, 5.41) is 6.95. The van der Waals surface area contributed by atoms with Crippen LogP contribution in [0, 0.1) is 0 Å². The first-order valence-corrected chi connectivity index (χ1v) is 5.03. The second kappa shape index (κ2) is 5.50. The standard InChI is InChI=1S/C10H18N4O/c1-11-9-7-10(15)14(12-8-9)6-4-5-13(2)3/h7-8,11H,4-6H2,1-3H3. The minimum atomic E-state index is -0.0550. The Morgan fingerprint density at radius 1 is 1.53 bits per heavy atom. The Morgan fingerprint density at radius 2 is 2.27 bits per heavy atom. The van der Waals surface area contributed by atoms with Gasteiger partial charge < -0.3 is 10.2 Å². The van der Waals surface area contributed by atoms with Gasteiger partial charge in [-0.05, 0) is 27.1 Å². The van der Waals surface area contributed by atoms with Crippen molar-refractivity contribution in [3.63, 3.8) is 0 Å². The number of nitrogens with zero attached hydrogens (tertiary/aromatic N) is 3. The van der Waals surface area contributed by atoms with Crippen LogP contribution in [0.15, 0.2) is 17.1 Å². The number of hydrogen-bond donors (Lipinski definition) is 1. The van der Waals surface area contributed by atoms with Crippen molar-refractivity contribution in [2.45, 2.75) is 13.0 Å². The Kier molecular flexibility index (Phi) is 4.30. The van der Waals surface area contributed by atoms with Crippen LogP contribution in [0.25, 0.3) is 0 Å². The number of anilines is 1. The molecule has 0 spiro atoms. The van der Waals surface area contributed by atoms with Crippen LogP contribution < -0.4 is 10.9 Å². The third-order valence-electron chi connectivity index (χ3n) is 2.13. The molecular weight excluding hydrogens is 192 g/mol. The van der Waals surface area contributed by atoms with Crippen molar-refractivity contribution >= 4 is 5.69 Å². The lowest BCUT2D eigenvalue weighted by Gasteiger charge is -2.09. The summed E-state index contributed by atoms with van der Waals surface area (Å²) < 4.78 is 1.49. The second-order valence-electron chi connectivity index (χ2n) is 3.71. The molecule has 0 fully saturated rings. The van der Waals surface area contributed by atoms with Gasteiger partial charge in [0.15, 0.2) is 0 Å². The van der Waals surface area contributed by atoms with Gasteiger partial charge in [-0.15, -0.1) is 0 Å². The summed E-state index contributed by atoms with van der Waals surface area (Å²) in [6.45, 7) is 1.63. The van der Waals surface area contributed by atoms with Crippen molar-refractivity contribution < 1.29 is 0 Å². The normalized spacial score (nSPS) is 10.7. The SMILES string of the molecule is CNc1cnn(CCCN(C)C)c(=O)c1. The van der Waals surface area contributed by atoms with Gasteiger partial charge in [-0.3, -0.25) is 4.79 Å². The zero-order chi connectivity index (χ0) is 11.3. The molecule has 1 aromatic rings. The van der Waals surface area contributed by atoms with Gasteiger partial charge in [0, 0.05) is 19.7 Å². The molecule has 1 aromatic heterocycles. The first kappa shape index (κ1) is 11.7. The van der Waals surface area contributed by atoms with Crippen LogP contribution >= 0.6 is 0 Å². The summed E-state index contributed by atoms with van der Waals surface area (Å²) >= 11 is 0. The lowest BCUT2D eigenvalue weighted by atomic mass is 10.4. The maximum atomic E-state index is 11.5. The largest absolute Gasteiger partial charge is 0.387 e. The first-order chi connectivity index (χ1) is 7.13. The fourth-order valence-electron chi connectivity index (χ4n) is 1.27. The molecule has 0 saturated carbocycles. The van der Waals surface area contributed by atoms with E-state index in [0.717, 1.165) is 18.7 Å². The monoisotopic (exact) mass is 210 g/mol. The molecule has 84 valence electrons. The quantitative estimate of drug-likeness (QED) is 0.756. The Bertz CT molecular complexity index is 359. The number of aryl methyl sites for hydroxylation is 1. The van der Waals surface area contributed by atoms with E-state index in [9.17, 15) is 4.79 Å². The summed E-state index contributed by atoms with van der Waals surface area (Å²) in [4.78, 5) is 13.6. The van der Waals surface area contributed by atoms with Crippen molar-refractivity contribution in [3.05, 3.63) is 22.6 Å². The van der Waals surface area contributed by atoms with E-state index in [-0.39, 0.29) is 5.56 Å². The Morgan fingerprint density at radius 3 is 2.80 bits per heavy atom. The summed E-state index contributed by atoms with van der Waals surface area (Å²) in [7, 11) is 5.80. The fraction of sp³-hybridized carbons (Fsp3) is 0.600. The maximum absolute atomic E-state index is 11.5. The van der Waals surface area contributed by atoms with E-state index in [2.05, 4.69) is 15.3 Å². The van der Waals surface area contributed by atoms with E-state index in [1.54, 1.807) is 19.3 Å². The van der Waals surface area contributed by atoms with E-state index in [1.807, 2.05) is 14.1 Å². The maximum Gasteiger partial charge on any atom is 0.268 e. The van der Waals surface area contributed by atoms with Crippen LogP contribution in [-0.2, 0) is 6.54 Å². The Balaban J connectivity index is 2.58. The molecule has 5 nitrogen and oxygen atoms in total. The van der Waals surface area contributed by atoms with Crippen LogP contribution in [0.4, 0.5) is 5.69 Å². The van der Waals surface area contributed by atoms with Gasteiger partial charge in [-0.2, -0.15) is 5.10 Å². The predicted molar refractivity (Wildman–Crippen MR) is 61.2 cm³/mol. The highest BCUT2D eigenvalue weighted by atomic mass is 16.1. The van der Waals surface area contributed by atoms with Crippen LogP contribution in [-0.4, -0.2) is 42.4 Å². The van der Waals surface area contributed by atoms with Gasteiger partial charge >= 0.3 is 0 Å². The summed E-state index contributed by atoms with van der Waals surface area (Å²) in [5.74, 6) is 0. The minimum Gasteiger partial charge on any atom is -0.387 e. The van der Waals surface area contributed by atoms with E-state index in [1.165, 1.54) is 4.68 Å². The van der Waals surface area contributed by atoms with Crippen LogP contribution in [0.1, 0.15) is 6.42 Å². The zero-order valence-electron chi connectivity index (χ0n) is 9.53. The highest BCUT2D eigenvalue weighted by Crippen LogP contribution is 1.97. The number of nitrogens with one attached hydrogen (secondary N) is 1. The van der Waals surface area contributed by atoms with Crippen LogP contribution in [0.5, 0.6) is 0 Å². The Hall–Kier alpha value is -1.36. The summed E-state index contributed by atoms with van der Waals surface area (Å²) in [6.07, 6.45) is 2.59. The second-order valence-corrected chi connectivity index (χ2v) is 3.71. The average Bonchev–Trinajstić information content (AvgIpc) is 2.20. The molecular formula is C10H18N4O. The highest BCUT2D eigenvalue weighted by molar-refractivity contribution is 5.37. The summed E-state index contributed by atoms with van der Waals surface area (Å²) in [5.41, 5.74) is 0.699. The van der Waals surface area contributed by atoms with Crippen molar-refractivity contribution in [2.24, 2.45) is 0 Å². The highest BCUT2D eigenvalue weighted by Gasteiger charge is 1.99. The molecule has 5 heteroatoms. The number of aromatic nitrogens is 2. The number of rotatable bonds is 5. The van der Waals surface area contributed by atoms with E-state index in [4.69, 9.17) is 0 Å². The fourth-order valence-corrected chi connectivity index (χ4v) is 1.27. The molecule has 0 amide bonds. The lowest BCUT2D eigenvalue weighted by molar-refractivity contribution is 0.377.